The molecule has 0 aliphatic heterocycles. The first kappa shape index (κ1) is 15.3. The number of nitrogens with zero attached hydrogens (tertiary/aromatic N) is 1. The highest BCUT2D eigenvalue weighted by Crippen LogP contribution is 2.30. The van der Waals surface area contributed by atoms with Crippen molar-refractivity contribution in [1.29, 1.82) is 0 Å². The van der Waals surface area contributed by atoms with Gasteiger partial charge in [0.05, 0.1) is 12.2 Å². The molecule has 0 atom stereocenters. The summed E-state index contributed by atoms with van der Waals surface area (Å²) >= 11 is 9.21. The Balaban J connectivity index is 2.16. The van der Waals surface area contributed by atoms with E-state index < -0.39 is 0 Å². The molecule has 0 saturated heterocycles. The van der Waals surface area contributed by atoms with Crippen LogP contribution in [0.5, 0.6) is 0 Å². The highest BCUT2D eigenvalue weighted by Gasteiger charge is 2.35. The van der Waals surface area contributed by atoms with Gasteiger partial charge in [-0.15, -0.1) is 0 Å². The minimum Gasteiger partial charge on any atom is -0.465 e. The number of halogens is 2. The van der Waals surface area contributed by atoms with E-state index in [2.05, 4.69) is 15.9 Å². The van der Waals surface area contributed by atoms with Crippen LogP contribution in [-0.2, 0) is 9.53 Å². The second-order valence-electron chi connectivity index (χ2n) is 4.59. The van der Waals surface area contributed by atoms with Gasteiger partial charge in [0.15, 0.2) is 0 Å². The minimum atomic E-state index is -0.377. The van der Waals surface area contributed by atoms with Crippen LogP contribution in [0, 0.1) is 0 Å². The van der Waals surface area contributed by atoms with Gasteiger partial charge in [-0.25, -0.2) is 0 Å². The number of esters is 1. The molecule has 0 bridgehead atoms. The molecule has 108 valence electrons. The SMILES string of the molecule is CCOC(=O)CN(C(=O)c1ccc(Cl)cc1Br)C1CC1. The molecular formula is C14H15BrClNO3. The molecule has 0 unspecified atom stereocenters. The summed E-state index contributed by atoms with van der Waals surface area (Å²) < 4.78 is 5.55. The van der Waals surface area contributed by atoms with Crippen LogP contribution in [0.1, 0.15) is 30.1 Å². The van der Waals surface area contributed by atoms with Crippen molar-refractivity contribution in [3.63, 3.8) is 0 Å². The fraction of sp³-hybridized carbons (Fsp3) is 0.429. The van der Waals surface area contributed by atoms with Crippen molar-refractivity contribution in [1.82, 2.24) is 4.90 Å². The minimum absolute atomic E-state index is 0.00753. The van der Waals surface area contributed by atoms with Gasteiger partial charge in [-0.1, -0.05) is 11.6 Å². The summed E-state index contributed by atoms with van der Waals surface area (Å²) in [6.45, 7) is 2.06. The first-order valence-corrected chi connectivity index (χ1v) is 7.61. The Labute approximate surface area is 131 Å². The van der Waals surface area contributed by atoms with Gasteiger partial charge in [-0.3, -0.25) is 9.59 Å². The lowest BCUT2D eigenvalue weighted by Gasteiger charge is -2.22. The molecule has 1 aliphatic rings. The van der Waals surface area contributed by atoms with Gasteiger partial charge in [-0.05, 0) is 53.9 Å². The smallest absolute Gasteiger partial charge is 0.325 e. The summed E-state index contributed by atoms with van der Waals surface area (Å²) in [6, 6.07) is 5.13. The van der Waals surface area contributed by atoms with Crippen LogP contribution in [0.4, 0.5) is 0 Å². The van der Waals surface area contributed by atoms with Crippen molar-refractivity contribution in [3.05, 3.63) is 33.3 Å². The third kappa shape index (κ3) is 3.73. The van der Waals surface area contributed by atoms with E-state index in [9.17, 15) is 9.59 Å². The Morgan fingerprint density at radius 1 is 1.45 bits per heavy atom. The molecule has 1 aromatic rings. The van der Waals surface area contributed by atoms with Gasteiger partial charge in [0.25, 0.3) is 5.91 Å². The number of ether oxygens (including phenoxy) is 1. The molecule has 2 rings (SSSR count). The van der Waals surface area contributed by atoms with Crippen LogP contribution in [0.3, 0.4) is 0 Å². The summed E-state index contributed by atoms with van der Waals surface area (Å²) in [4.78, 5) is 25.7. The van der Waals surface area contributed by atoms with E-state index in [1.54, 1.807) is 30.0 Å². The highest BCUT2D eigenvalue weighted by atomic mass is 79.9. The maximum Gasteiger partial charge on any atom is 0.325 e. The van der Waals surface area contributed by atoms with E-state index in [4.69, 9.17) is 16.3 Å². The predicted octanol–water partition coefficient (Wildman–Crippen LogP) is 3.27. The van der Waals surface area contributed by atoms with Crippen LogP contribution in [0.15, 0.2) is 22.7 Å². The lowest BCUT2D eigenvalue weighted by molar-refractivity contribution is -0.144. The van der Waals surface area contributed by atoms with Gasteiger partial charge in [0.2, 0.25) is 0 Å². The van der Waals surface area contributed by atoms with Gasteiger partial charge in [-0.2, -0.15) is 0 Å². The molecular weight excluding hydrogens is 346 g/mol. The molecule has 1 amide bonds. The normalized spacial score (nSPS) is 13.9. The summed E-state index contributed by atoms with van der Waals surface area (Å²) in [5, 5.41) is 0.553. The first-order chi connectivity index (χ1) is 9.52. The molecule has 0 heterocycles. The number of carbonyl (C=O) groups is 2. The molecule has 1 aliphatic carbocycles. The van der Waals surface area contributed by atoms with E-state index in [0.717, 1.165) is 12.8 Å². The van der Waals surface area contributed by atoms with Crippen LogP contribution in [0.25, 0.3) is 0 Å². The second-order valence-corrected chi connectivity index (χ2v) is 5.88. The molecule has 6 heteroatoms. The second kappa shape index (κ2) is 6.59. The number of rotatable bonds is 5. The van der Waals surface area contributed by atoms with Crippen LogP contribution < -0.4 is 0 Å². The Hall–Kier alpha value is -1.07. The lowest BCUT2D eigenvalue weighted by Crippen LogP contribution is -2.38. The Morgan fingerprint density at radius 3 is 2.70 bits per heavy atom. The van der Waals surface area contributed by atoms with Crippen molar-refractivity contribution in [2.45, 2.75) is 25.8 Å². The number of hydrogen-bond acceptors (Lipinski definition) is 3. The molecule has 4 nitrogen and oxygen atoms in total. The zero-order valence-corrected chi connectivity index (χ0v) is 13.4. The summed E-state index contributed by atoms with van der Waals surface area (Å²) in [5.74, 6) is -0.554. The quantitative estimate of drug-likeness (QED) is 0.757. The van der Waals surface area contributed by atoms with E-state index >= 15 is 0 Å². The fourth-order valence-electron chi connectivity index (χ4n) is 1.92. The molecule has 1 aromatic carbocycles. The van der Waals surface area contributed by atoms with Crippen molar-refractivity contribution in [3.8, 4) is 0 Å². The van der Waals surface area contributed by atoms with Crippen molar-refractivity contribution < 1.29 is 14.3 Å². The highest BCUT2D eigenvalue weighted by molar-refractivity contribution is 9.10. The van der Waals surface area contributed by atoms with Crippen LogP contribution in [0.2, 0.25) is 5.02 Å². The van der Waals surface area contributed by atoms with Gasteiger partial charge in [0, 0.05) is 15.5 Å². The Morgan fingerprint density at radius 2 is 2.15 bits per heavy atom. The van der Waals surface area contributed by atoms with E-state index in [0.29, 0.717) is 21.7 Å². The third-order valence-corrected chi connectivity index (χ3v) is 3.91. The van der Waals surface area contributed by atoms with Crippen molar-refractivity contribution >= 4 is 39.4 Å². The Bertz CT molecular complexity index is 531. The molecule has 0 N–H and O–H groups in total. The maximum absolute atomic E-state index is 12.5. The topological polar surface area (TPSA) is 46.6 Å². The third-order valence-electron chi connectivity index (χ3n) is 3.01. The van der Waals surface area contributed by atoms with Crippen molar-refractivity contribution in [2.75, 3.05) is 13.2 Å². The zero-order chi connectivity index (χ0) is 14.7. The summed E-state index contributed by atoms with van der Waals surface area (Å²) in [5.41, 5.74) is 0.505. The zero-order valence-electron chi connectivity index (χ0n) is 11.1. The average Bonchev–Trinajstić information content (AvgIpc) is 3.20. The average molecular weight is 361 g/mol. The van der Waals surface area contributed by atoms with Gasteiger partial charge < -0.3 is 9.64 Å². The van der Waals surface area contributed by atoms with Crippen LogP contribution in [-0.4, -0.2) is 36.0 Å². The molecule has 1 fully saturated rings. The molecule has 0 spiro atoms. The molecule has 20 heavy (non-hydrogen) atoms. The monoisotopic (exact) mass is 359 g/mol. The van der Waals surface area contributed by atoms with E-state index in [-0.39, 0.29) is 24.5 Å². The fourth-order valence-corrected chi connectivity index (χ4v) is 2.77. The Kier molecular flexibility index (Phi) is 5.05. The maximum atomic E-state index is 12.5. The largest absolute Gasteiger partial charge is 0.465 e. The number of amides is 1. The number of benzene rings is 1. The van der Waals surface area contributed by atoms with Gasteiger partial charge in [0.1, 0.15) is 6.54 Å². The van der Waals surface area contributed by atoms with E-state index in [1.807, 2.05) is 0 Å². The predicted molar refractivity (Wildman–Crippen MR) is 79.8 cm³/mol. The number of carbonyl (C=O) groups excluding carboxylic acids is 2. The summed E-state index contributed by atoms with van der Waals surface area (Å²) in [6.07, 6.45) is 1.85. The molecule has 1 saturated carbocycles. The van der Waals surface area contributed by atoms with Gasteiger partial charge >= 0.3 is 5.97 Å². The standard InChI is InChI=1S/C14H15BrClNO3/c1-2-20-13(18)8-17(10-4-5-10)14(19)11-6-3-9(16)7-12(11)15/h3,6-7,10H,2,4-5,8H2,1H3. The van der Waals surface area contributed by atoms with Crippen LogP contribution >= 0.6 is 27.5 Å². The molecule has 0 radical (unpaired) electrons. The lowest BCUT2D eigenvalue weighted by atomic mass is 10.2. The molecule has 0 aromatic heterocycles. The van der Waals surface area contributed by atoms with E-state index in [1.165, 1.54) is 0 Å². The number of hydrogen-bond donors (Lipinski definition) is 0. The first-order valence-electron chi connectivity index (χ1n) is 6.44. The summed E-state index contributed by atoms with van der Waals surface area (Å²) in [7, 11) is 0. The van der Waals surface area contributed by atoms with Crippen molar-refractivity contribution in [2.24, 2.45) is 0 Å².